The second-order valence-corrected chi connectivity index (χ2v) is 8.86. The zero-order valence-corrected chi connectivity index (χ0v) is 18.8. The molecule has 164 valence electrons. The lowest BCUT2D eigenvalue weighted by Crippen LogP contribution is -2.18. The predicted octanol–water partition coefficient (Wildman–Crippen LogP) is 5.08. The van der Waals surface area contributed by atoms with Gasteiger partial charge in [0.1, 0.15) is 0 Å². The average molecular weight is 474 g/mol. The van der Waals surface area contributed by atoms with Gasteiger partial charge in [-0.3, -0.25) is 19.7 Å². The minimum absolute atomic E-state index is 0.0787. The maximum absolute atomic E-state index is 13.5. The smallest absolute Gasteiger partial charge is 0.277 e. The van der Waals surface area contributed by atoms with Crippen LogP contribution in [0.15, 0.2) is 106 Å². The third-order valence-electron chi connectivity index (χ3n) is 5.30. The van der Waals surface area contributed by atoms with E-state index in [9.17, 15) is 9.90 Å². The molecule has 33 heavy (non-hydrogen) atoms. The fourth-order valence-corrected chi connectivity index (χ4v) is 4.86. The van der Waals surface area contributed by atoms with E-state index in [0.717, 1.165) is 34.0 Å². The Kier molecular flexibility index (Phi) is 5.81. The summed E-state index contributed by atoms with van der Waals surface area (Å²) in [7, 11) is 0. The largest absolute Gasteiger partial charge is 0.858 e. The van der Waals surface area contributed by atoms with E-state index in [1.54, 1.807) is 24.4 Å². The minimum atomic E-state index is -0.515. The van der Waals surface area contributed by atoms with Crippen LogP contribution >= 0.6 is 23.4 Å². The number of hydrogen-bond acceptors (Lipinski definition) is 4. The van der Waals surface area contributed by atoms with Crippen LogP contribution in [0, 0.1) is 0 Å². The van der Waals surface area contributed by atoms with Gasteiger partial charge in [0.25, 0.3) is 5.56 Å². The van der Waals surface area contributed by atoms with E-state index in [-0.39, 0.29) is 4.90 Å². The van der Waals surface area contributed by atoms with Gasteiger partial charge in [-0.1, -0.05) is 84.0 Å². The number of rotatable bonds is 6. The van der Waals surface area contributed by atoms with Crippen molar-refractivity contribution < 1.29 is 5.11 Å². The van der Waals surface area contributed by atoms with Crippen molar-refractivity contribution in [2.24, 2.45) is 0 Å². The van der Waals surface area contributed by atoms with Gasteiger partial charge in [0.05, 0.1) is 22.2 Å². The summed E-state index contributed by atoms with van der Waals surface area (Å²) in [5.74, 6) is -0.396. The van der Waals surface area contributed by atoms with Gasteiger partial charge in [-0.2, -0.15) is 5.10 Å². The monoisotopic (exact) mass is 473 g/mol. The molecule has 0 aliphatic rings. The molecule has 2 aromatic heterocycles. The highest BCUT2D eigenvalue weighted by molar-refractivity contribution is 7.99. The number of aromatic amines is 2. The van der Waals surface area contributed by atoms with Crippen molar-refractivity contribution in [2.45, 2.75) is 15.8 Å². The van der Waals surface area contributed by atoms with Crippen LogP contribution in [0.2, 0.25) is 5.02 Å². The summed E-state index contributed by atoms with van der Waals surface area (Å²) < 4.78 is 1.39. The summed E-state index contributed by atoms with van der Waals surface area (Å²) in [5.41, 5.74) is 3.17. The standard InChI is InChI=1S/C25H19ClN4O2S/c26-20-11-4-5-12-21(20)33-23-24(31)29-30(25(23)32)22(16-7-2-1-3-8-16)18-10-6-9-17(13-18)19-14-27-28-15-19/h1-15,22,32H,(H,27,28)(H,29,31)/p-1. The summed E-state index contributed by atoms with van der Waals surface area (Å²) in [6.07, 6.45) is 3.55. The molecule has 3 aromatic carbocycles. The Hall–Kier alpha value is -3.68. The van der Waals surface area contributed by atoms with Crippen LogP contribution in [0.5, 0.6) is 5.88 Å². The molecular formula is C25H18ClN4O2S-. The molecule has 8 heteroatoms. The zero-order valence-electron chi connectivity index (χ0n) is 17.2. The van der Waals surface area contributed by atoms with Crippen molar-refractivity contribution in [2.75, 3.05) is 0 Å². The van der Waals surface area contributed by atoms with Gasteiger partial charge in [0.2, 0.25) is 0 Å². The van der Waals surface area contributed by atoms with E-state index >= 15 is 0 Å². The average Bonchev–Trinajstić information content (AvgIpc) is 3.47. The molecule has 0 aliphatic carbocycles. The van der Waals surface area contributed by atoms with Crippen LogP contribution in [0.4, 0.5) is 0 Å². The Balaban J connectivity index is 1.63. The van der Waals surface area contributed by atoms with Crippen LogP contribution < -0.4 is 10.7 Å². The molecular weight excluding hydrogens is 456 g/mol. The number of halogens is 1. The lowest BCUT2D eigenvalue weighted by atomic mass is 9.96. The summed E-state index contributed by atoms with van der Waals surface area (Å²) in [6, 6.07) is 24.1. The molecule has 0 bridgehead atoms. The van der Waals surface area contributed by atoms with Gasteiger partial charge >= 0.3 is 0 Å². The topological polar surface area (TPSA) is 89.5 Å². The molecule has 0 spiro atoms. The highest BCUT2D eigenvalue weighted by atomic mass is 35.5. The first-order chi connectivity index (χ1) is 16.1. The van der Waals surface area contributed by atoms with Crippen LogP contribution in [0.25, 0.3) is 11.1 Å². The van der Waals surface area contributed by atoms with Crippen LogP contribution in [0.1, 0.15) is 17.2 Å². The lowest BCUT2D eigenvalue weighted by molar-refractivity contribution is -0.284. The number of benzene rings is 3. The molecule has 2 heterocycles. The van der Waals surface area contributed by atoms with Crippen molar-refractivity contribution in [3.8, 4) is 17.0 Å². The van der Waals surface area contributed by atoms with Crippen molar-refractivity contribution >= 4 is 23.4 Å². The second-order valence-electron chi connectivity index (χ2n) is 7.40. The van der Waals surface area contributed by atoms with Crippen molar-refractivity contribution in [3.63, 3.8) is 0 Å². The first-order valence-corrected chi connectivity index (χ1v) is 11.4. The maximum Gasteiger partial charge on any atom is 0.277 e. The summed E-state index contributed by atoms with van der Waals surface area (Å²) in [6.45, 7) is 0. The molecule has 1 atom stereocenters. The Labute approximate surface area is 198 Å². The normalized spacial score (nSPS) is 12.0. The summed E-state index contributed by atoms with van der Waals surface area (Å²) in [5, 5.41) is 23.6. The highest BCUT2D eigenvalue weighted by Gasteiger charge is 2.21. The third kappa shape index (κ3) is 4.20. The van der Waals surface area contributed by atoms with E-state index in [1.807, 2.05) is 66.9 Å². The quantitative estimate of drug-likeness (QED) is 0.360. The summed E-state index contributed by atoms with van der Waals surface area (Å²) in [4.78, 5) is 13.6. The first kappa shape index (κ1) is 21.2. The van der Waals surface area contributed by atoms with Crippen LogP contribution in [-0.4, -0.2) is 20.0 Å². The van der Waals surface area contributed by atoms with Gasteiger partial charge in [0, 0.05) is 22.5 Å². The Bertz CT molecular complexity index is 1450. The Morgan fingerprint density at radius 1 is 0.939 bits per heavy atom. The van der Waals surface area contributed by atoms with E-state index in [4.69, 9.17) is 11.6 Å². The molecule has 0 saturated carbocycles. The van der Waals surface area contributed by atoms with E-state index < -0.39 is 17.5 Å². The number of H-pyrrole nitrogens is 2. The number of hydrogen-bond donors (Lipinski definition) is 2. The van der Waals surface area contributed by atoms with Crippen LogP contribution in [0.3, 0.4) is 0 Å². The fraction of sp³-hybridized carbons (Fsp3) is 0.0400. The van der Waals surface area contributed by atoms with Gasteiger partial charge < -0.3 is 5.11 Å². The van der Waals surface area contributed by atoms with Crippen molar-refractivity contribution in [3.05, 3.63) is 118 Å². The van der Waals surface area contributed by atoms with E-state index in [0.29, 0.717) is 9.92 Å². The fourth-order valence-electron chi connectivity index (χ4n) is 3.75. The number of nitrogens with one attached hydrogen (secondary N) is 2. The Morgan fingerprint density at radius 2 is 1.70 bits per heavy atom. The molecule has 5 rings (SSSR count). The molecule has 1 unspecified atom stereocenters. The van der Waals surface area contributed by atoms with E-state index in [2.05, 4.69) is 15.3 Å². The van der Waals surface area contributed by atoms with Gasteiger partial charge in [-0.15, -0.1) is 0 Å². The molecule has 0 fully saturated rings. The molecule has 5 aromatic rings. The molecule has 6 nitrogen and oxygen atoms in total. The third-order valence-corrected chi connectivity index (χ3v) is 6.88. The van der Waals surface area contributed by atoms with Gasteiger partial charge in [-0.05, 0) is 34.9 Å². The SMILES string of the molecule is O=c1[nH]n(C(c2ccccc2)c2cccc(-c3cn[nH]c3)c2)c([O-])c1Sc1ccccc1Cl. The number of nitrogens with zero attached hydrogens (tertiary/aromatic N) is 2. The Morgan fingerprint density at radius 3 is 2.45 bits per heavy atom. The van der Waals surface area contributed by atoms with Gasteiger partial charge in [0.15, 0.2) is 0 Å². The second kappa shape index (κ2) is 9.05. The predicted molar refractivity (Wildman–Crippen MR) is 128 cm³/mol. The molecule has 2 N–H and O–H groups in total. The molecule has 0 amide bonds. The zero-order chi connectivity index (χ0) is 22.8. The van der Waals surface area contributed by atoms with Crippen molar-refractivity contribution in [1.82, 2.24) is 20.0 Å². The summed E-state index contributed by atoms with van der Waals surface area (Å²) >= 11 is 7.33. The maximum atomic E-state index is 13.5. The first-order valence-electron chi connectivity index (χ1n) is 10.2. The molecule has 0 aliphatic heterocycles. The minimum Gasteiger partial charge on any atom is -0.858 e. The molecule has 0 saturated heterocycles. The van der Waals surface area contributed by atoms with Crippen molar-refractivity contribution in [1.29, 1.82) is 0 Å². The lowest BCUT2D eigenvalue weighted by Gasteiger charge is -2.25. The molecule has 0 radical (unpaired) electrons. The van der Waals surface area contributed by atoms with Crippen LogP contribution in [-0.2, 0) is 0 Å². The number of aromatic nitrogens is 4. The highest BCUT2D eigenvalue weighted by Crippen LogP contribution is 2.38. The van der Waals surface area contributed by atoms with E-state index in [1.165, 1.54) is 4.68 Å². The van der Waals surface area contributed by atoms with Gasteiger partial charge in [-0.25, -0.2) is 0 Å².